The lowest BCUT2D eigenvalue weighted by Crippen LogP contribution is -2.45. The van der Waals surface area contributed by atoms with Crippen molar-refractivity contribution >= 4 is 11.8 Å². The van der Waals surface area contributed by atoms with E-state index in [2.05, 4.69) is 26.2 Å². The molecule has 1 fully saturated rings. The highest BCUT2D eigenvalue weighted by molar-refractivity contribution is 6.35. The molecule has 1 aliphatic rings. The number of hydrogen-bond donors (Lipinski definition) is 2. The first-order valence-electron chi connectivity index (χ1n) is 10.5. The van der Waals surface area contributed by atoms with Crippen LogP contribution in [0.2, 0.25) is 0 Å². The summed E-state index contributed by atoms with van der Waals surface area (Å²) < 4.78 is 2.10. The number of carbonyl (C=O) groups excluding carboxylic acids is 2. The van der Waals surface area contributed by atoms with E-state index in [1.54, 1.807) is 0 Å². The molecule has 156 valence electrons. The molecule has 0 radical (unpaired) electrons. The second-order valence-corrected chi connectivity index (χ2v) is 7.83. The summed E-state index contributed by atoms with van der Waals surface area (Å²) in [5.74, 6) is -1.18. The molecule has 2 N–H and O–H groups in total. The molecule has 0 bridgehead atoms. The highest BCUT2D eigenvalue weighted by Gasteiger charge is 2.25. The fourth-order valence-electron chi connectivity index (χ4n) is 4.00. The van der Waals surface area contributed by atoms with Crippen molar-refractivity contribution in [2.45, 2.75) is 44.7 Å². The van der Waals surface area contributed by atoms with E-state index in [1.165, 1.54) is 25.7 Å². The number of likely N-dealkylation sites (tertiary alicyclic amines) is 1. The van der Waals surface area contributed by atoms with Crippen molar-refractivity contribution in [2.75, 3.05) is 19.6 Å². The van der Waals surface area contributed by atoms with Crippen LogP contribution in [0.5, 0.6) is 0 Å². The number of aryl methyl sites for hydroxylation is 1. The third kappa shape index (κ3) is 5.70. The van der Waals surface area contributed by atoms with Crippen LogP contribution in [0.15, 0.2) is 48.7 Å². The van der Waals surface area contributed by atoms with Crippen molar-refractivity contribution in [1.82, 2.24) is 20.1 Å². The fourth-order valence-corrected chi connectivity index (χ4v) is 4.00. The minimum Gasteiger partial charge on any atom is -0.353 e. The first-order chi connectivity index (χ1) is 14.1. The molecule has 6 nitrogen and oxygen atoms in total. The summed E-state index contributed by atoms with van der Waals surface area (Å²) in [4.78, 5) is 27.3. The lowest BCUT2D eigenvalue weighted by Gasteiger charge is -2.31. The van der Waals surface area contributed by atoms with Crippen LogP contribution in [0.25, 0.3) is 0 Å². The summed E-state index contributed by atoms with van der Waals surface area (Å²) in [6.07, 6.45) is 6.87. The quantitative estimate of drug-likeness (QED) is 0.738. The lowest BCUT2D eigenvalue weighted by atomic mass is 10.1. The van der Waals surface area contributed by atoms with Crippen LogP contribution in [-0.2, 0) is 16.6 Å². The molecular formula is C23H32N4O2. The van der Waals surface area contributed by atoms with E-state index in [4.69, 9.17) is 0 Å². The minimum absolute atomic E-state index is 0.0661. The number of amides is 2. The maximum Gasteiger partial charge on any atom is 0.309 e. The number of carbonyl (C=O) groups is 2. The molecule has 2 aromatic rings. The van der Waals surface area contributed by atoms with E-state index in [0.717, 1.165) is 24.3 Å². The molecule has 3 rings (SSSR count). The Kier molecular flexibility index (Phi) is 7.47. The zero-order chi connectivity index (χ0) is 20.6. The molecule has 1 aromatic carbocycles. The predicted octanol–water partition coefficient (Wildman–Crippen LogP) is 2.94. The van der Waals surface area contributed by atoms with Gasteiger partial charge in [-0.15, -0.1) is 0 Å². The third-order valence-corrected chi connectivity index (χ3v) is 5.72. The number of benzene rings is 1. The van der Waals surface area contributed by atoms with Gasteiger partial charge in [0.1, 0.15) is 0 Å². The van der Waals surface area contributed by atoms with Crippen molar-refractivity contribution in [3.8, 4) is 0 Å². The first kappa shape index (κ1) is 21.1. The van der Waals surface area contributed by atoms with Crippen LogP contribution >= 0.6 is 0 Å². The van der Waals surface area contributed by atoms with Crippen LogP contribution in [0.1, 0.15) is 55.9 Å². The van der Waals surface area contributed by atoms with E-state index < -0.39 is 11.8 Å². The molecule has 0 saturated carbocycles. The van der Waals surface area contributed by atoms with Crippen molar-refractivity contribution < 1.29 is 9.59 Å². The zero-order valence-corrected chi connectivity index (χ0v) is 17.4. The van der Waals surface area contributed by atoms with Gasteiger partial charge in [0, 0.05) is 25.5 Å². The molecule has 1 saturated heterocycles. The second-order valence-electron chi connectivity index (χ2n) is 7.83. The van der Waals surface area contributed by atoms with Crippen molar-refractivity contribution in [3.05, 3.63) is 59.9 Å². The van der Waals surface area contributed by atoms with E-state index >= 15 is 0 Å². The highest BCUT2D eigenvalue weighted by atomic mass is 16.2. The Hall–Kier alpha value is -2.60. The second kappa shape index (κ2) is 10.3. The van der Waals surface area contributed by atoms with E-state index in [-0.39, 0.29) is 12.1 Å². The number of nitrogens with one attached hydrogen (secondary N) is 2. The largest absolute Gasteiger partial charge is 0.353 e. The van der Waals surface area contributed by atoms with Gasteiger partial charge >= 0.3 is 11.8 Å². The van der Waals surface area contributed by atoms with Gasteiger partial charge in [-0.2, -0.15) is 0 Å². The van der Waals surface area contributed by atoms with Gasteiger partial charge in [-0.3, -0.25) is 14.5 Å². The van der Waals surface area contributed by atoms with Crippen LogP contribution in [0.3, 0.4) is 0 Å². The van der Waals surface area contributed by atoms with E-state index in [1.807, 2.05) is 56.6 Å². The van der Waals surface area contributed by atoms with Gasteiger partial charge in [-0.25, -0.2) is 0 Å². The molecule has 0 spiro atoms. The smallest absolute Gasteiger partial charge is 0.309 e. The van der Waals surface area contributed by atoms with Gasteiger partial charge in [0.05, 0.1) is 12.1 Å². The Morgan fingerprint density at radius 2 is 1.66 bits per heavy atom. The maximum atomic E-state index is 12.5. The standard InChI is InChI=1S/C23H32N4O2/c1-18(19-11-6-5-7-12-19)25-23(29)22(28)24-17-21(20-13-10-14-26(20)2)27-15-8-3-4-9-16-27/h5-7,10-14,18,21H,3-4,8-9,15-17H2,1-2H3,(H,24,28)(H,25,29). The molecule has 2 unspecified atom stereocenters. The molecule has 2 atom stereocenters. The minimum atomic E-state index is -0.595. The third-order valence-electron chi connectivity index (χ3n) is 5.72. The molecular weight excluding hydrogens is 364 g/mol. The van der Waals surface area contributed by atoms with Crippen LogP contribution in [0, 0.1) is 0 Å². The highest BCUT2D eigenvalue weighted by Crippen LogP contribution is 2.24. The Bertz CT molecular complexity index is 794. The van der Waals surface area contributed by atoms with Gasteiger partial charge < -0.3 is 15.2 Å². The number of rotatable bonds is 6. The van der Waals surface area contributed by atoms with Crippen LogP contribution < -0.4 is 10.6 Å². The average Bonchev–Trinajstić information content (AvgIpc) is 2.98. The zero-order valence-electron chi connectivity index (χ0n) is 17.4. The summed E-state index contributed by atoms with van der Waals surface area (Å²) in [5.41, 5.74) is 2.13. The molecule has 1 aliphatic heterocycles. The molecule has 29 heavy (non-hydrogen) atoms. The Labute approximate surface area is 173 Å². The van der Waals surface area contributed by atoms with E-state index in [0.29, 0.717) is 6.54 Å². The van der Waals surface area contributed by atoms with Crippen molar-refractivity contribution in [2.24, 2.45) is 7.05 Å². The normalized spacial score (nSPS) is 17.2. The molecule has 6 heteroatoms. The van der Waals surface area contributed by atoms with Crippen LogP contribution in [-0.4, -0.2) is 40.9 Å². The van der Waals surface area contributed by atoms with Gasteiger partial charge in [0.2, 0.25) is 0 Å². The molecule has 0 aliphatic carbocycles. The number of nitrogens with zero attached hydrogens (tertiary/aromatic N) is 2. The number of aromatic nitrogens is 1. The topological polar surface area (TPSA) is 66.4 Å². The first-order valence-corrected chi connectivity index (χ1v) is 10.5. The SMILES string of the molecule is CC(NC(=O)C(=O)NCC(c1cccn1C)N1CCCCCC1)c1ccccc1. The van der Waals surface area contributed by atoms with E-state index in [9.17, 15) is 9.59 Å². The fraction of sp³-hybridized carbons (Fsp3) is 0.478. The Morgan fingerprint density at radius 3 is 2.28 bits per heavy atom. The Balaban J connectivity index is 1.61. The Morgan fingerprint density at radius 1 is 0.966 bits per heavy atom. The maximum absolute atomic E-state index is 12.5. The van der Waals surface area contributed by atoms with Gasteiger partial charge in [-0.1, -0.05) is 43.2 Å². The lowest BCUT2D eigenvalue weighted by molar-refractivity contribution is -0.139. The van der Waals surface area contributed by atoms with Crippen molar-refractivity contribution in [3.63, 3.8) is 0 Å². The van der Waals surface area contributed by atoms with Gasteiger partial charge in [-0.05, 0) is 50.6 Å². The summed E-state index contributed by atoms with van der Waals surface area (Å²) in [5, 5.41) is 5.65. The summed E-state index contributed by atoms with van der Waals surface area (Å²) >= 11 is 0. The van der Waals surface area contributed by atoms with Crippen LogP contribution in [0.4, 0.5) is 0 Å². The number of hydrogen-bond acceptors (Lipinski definition) is 3. The van der Waals surface area contributed by atoms with Crippen molar-refractivity contribution in [1.29, 1.82) is 0 Å². The molecule has 2 amide bonds. The predicted molar refractivity (Wildman–Crippen MR) is 114 cm³/mol. The molecule has 2 heterocycles. The average molecular weight is 397 g/mol. The molecule has 1 aromatic heterocycles. The summed E-state index contributed by atoms with van der Waals surface area (Å²) in [7, 11) is 2.02. The van der Waals surface area contributed by atoms with Gasteiger partial charge in [0.15, 0.2) is 0 Å². The monoisotopic (exact) mass is 396 g/mol. The summed E-state index contributed by atoms with van der Waals surface area (Å²) in [6, 6.07) is 13.6. The summed E-state index contributed by atoms with van der Waals surface area (Å²) in [6.45, 7) is 4.33. The van der Waals surface area contributed by atoms with Gasteiger partial charge in [0.25, 0.3) is 0 Å².